The molecule has 0 aliphatic heterocycles. The molecule has 1 heterocycles. The largest absolute Gasteiger partial charge is 0.477 e. The molecule has 1 aromatic rings. The minimum absolute atomic E-state index is 0.00919. The molecule has 4 N–H and O–H groups in total. The van der Waals surface area contributed by atoms with E-state index in [2.05, 4.69) is 15.6 Å². The van der Waals surface area contributed by atoms with Gasteiger partial charge in [0.1, 0.15) is 5.69 Å². The highest BCUT2D eigenvalue weighted by molar-refractivity contribution is 5.99. The second kappa shape index (κ2) is 7.15. The van der Waals surface area contributed by atoms with E-state index in [1.165, 1.54) is 32.1 Å². The molecule has 0 atom stereocenters. The molecule has 2 amide bonds. The quantitative estimate of drug-likeness (QED) is 0.672. The van der Waals surface area contributed by atoms with Gasteiger partial charge in [0.05, 0.1) is 5.69 Å². The Balaban J connectivity index is 1.77. The number of amides is 2. The maximum atomic E-state index is 11.8. The van der Waals surface area contributed by atoms with E-state index in [9.17, 15) is 9.59 Å². The van der Waals surface area contributed by atoms with Crippen LogP contribution in [0.1, 0.15) is 54.7 Å². The Morgan fingerprint density at radius 1 is 1.33 bits per heavy atom. The molecule has 6 nitrogen and oxygen atoms in total. The summed E-state index contributed by atoms with van der Waals surface area (Å²) in [4.78, 5) is 25.6. The Morgan fingerprint density at radius 3 is 2.71 bits per heavy atom. The van der Waals surface area contributed by atoms with Gasteiger partial charge in [0, 0.05) is 12.2 Å². The number of hydrogen-bond acceptors (Lipinski definition) is 2. The molecule has 2 rings (SSSR count). The van der Waals surface area contributed by atoms with Crippen molar-refractivity contribution >= 4 is 17.7 Å². The molecule has 1 aliphatic rings. The van der Waals surface area contributed by atoms with Gasteiger partial charge in [-0.3, -0.25) is 0 Å². The van der Waals surface area contributed by atoms with Crippen molar-refractivity contribution in [2.45, 2.75) is 45.4 Å². The second-order valence-electron chi connectivity index (χ2n) is 5.72. The van der Waals surface area contributed by atoms with Gasteiger partial charge in [-0.1, -0.05) is 32.1 Å². The standard InChI is InChI=1S/C15H23N3O3/c1-10-9-12(13(17-10)14(19)20)18-15(21)16-8-7-11-5-3-2-4-6-11/h9,11,17H,2-8H2,1H3,(H,19,20)(H2,16,18,21). The minimum atomic E-state index is -1.08. The van der Waals surface area contributed by atoms with Crippen molar-refractivity contribution < 1.29 is 14.7 Å². The third-order valence-electron chi connectivity index (χ3n) is 3.98. The van der Waals surface area contributed by atoms with Gasteiger partial charge in [-0.2, -0.15) is 0 Å². The van der Waals surface area contributed by atoms with Crippen molar-refractivity contribution in [3.05, 3.63) is 17.5 Å². The number of carboxylic acid groups (broad SMARTS) is 1. The average molecular weight is 293 g/mol. The van der Waals surface area contributed by atoms with Crippen LogP contribution in [-0.4, -0.2) is 28.6 Å². The summed E-state index contributed by atoms with van der Waals surface area (Å²) < 4.78 is 0. The number of carboxylic acids is 1. The van der Waals surface area contributed by atoms with E-state index in [-0.39, 0.29) is 11.7 Å². The second-order valence-corrected chi connectivity index (χ2v) is 5.72. The summed E-state index contributed by atoms with van der Waals surface area (Å²) in [6.45, 7) is 2.38. The van der Waals surface area contributed by atoms with Gasteiger partial charge in [0.2, 0.25) is 0 Å². The molecule has 1 aliphatic carbocycles. The average Bonchev–Trinajstić information content (AvgIpc) is 2.81. The third kappa shape index (κ3) is 4.51. The lowest BCUT2D eigenvalue weighted by Gasteiger charge is -2.21. The molecule has 0 spiro atoms. The number of aromatic nitrogens is 1. The van der Waals surface area contributed by atoms with Crippen LogP contribution in [0.5, 0.6) is 0 Å². The smallest absolute Gasteiger partial charge is 0.354 e. The van der Waals surface area contributed by atoms with Gasteiger partial charge < -0.3 is 20.7 Å². The van der Waals surface area contributed by atoms with Crippen LogP contribution in [0.4, 0.5) is 10.5 Å². The maximum Gasteiger partial charge on any atom is 0.354 e. The molecule has 1 fully saturated rings. The Kier molecular flexibility index (Phi) is 5.25. The van der Waals surface area contributed by atoms with Crippen LogP contribution in [0.15, 0.2) is 6.07 Å². The number of carbonyl (C=O) groups excluding carboxylic acids is 1. The van der Waals surface area contributed by atoms with Crippen LogP contribution >= 0.6 is 0 Å². The Labute approximate surface area is 124 Å². The fourth-order valence-electron chi connectivity index (χ4n) is 2.89. The predicted octanol–water partition coefficient (Wildman–Crippen LogP) is 3.11. The van der Waals surface area contributed by atoms with Gasteiger partial charge >= 0.3 is 12.0 Å². The molecule has 0 radical (unpaired) electrons. The summed E-state index contributed by atoms with van der Waals surface area (Å²) in [5.74, 6) is -0.372. The van der Waals surface area contributed by atoms with Crippen molar-refractivity contribution in [1.82, 2.24) is 10.3 Å². The zero-order valence-electron chi connectivity index (χ0n) is 12.4. The number of rotatable bonds is 5. The lowest BCUT2D eigenvalue weighted by Crippen LogP contribution is -2.31. The Bertz CT molecular complexity index is 504. The number of aromatic amines is 1. The molecule has 21 heavy (non-hydrogen) atoms. The zero-order valence-corrected chi connectivity index (χ0v) is 12.4. The predicted molar refractivity (Wildman–Crippen MR) is 80.7 cm³/mol. The SMILES string of the molecule is Cc1cc(NC(=O)NCCC2CCCCC2)c(C(=O)O)[nH]1. The first-order chi connectivity index (χ1) is 10.1. The normalized spacial score (nSPS) is 15.7. The van der Waals surface area contributed by atoms with Crippen LogP contribution in [0.3, 0.4) is 0 Å². The molecular formula is C15H23N3O3. The van der Waals surface area contributed by atoms with Crippen LogP contribution in [-0.2, 0) is 0 Å². The molecule has 0 unspecified atom stereocenters. The summed E-state index contributed by atoms with van der Waals surface area (Å²) in [7, 11) is 0. The lowest BCUT2D eigenvalue weighted by molar-refractivity contribution is 0.0692. The van der Waals surface area contributed by atoms with E-state index in [0.29, 0.717) is 23.8 Å². The number of hydrogen-bond donors (Lipinski definition) is 4. The Morgan fingerprint density at radius 2 is 2.05 bits per heavy atom. The molecule has 1 saturated carbocycles. The van der Waals surface area contributed by atoms with Crippen molar-refractivity contribution in [2.75, 3.05) is 11.9 Å². The van der Waals surface area contributed by atoms with E-state index in [0.717, 1.165) is 6.42 Å². The first-order valence-electron chi connectivity index (χ1n) is 7.54. The Hall–Kier alpha value is -1.98. The first-order valence-corrected chi connectivity index (χ1v) is 7.54. The van der Waals surface area contributed by atoms with Crippen LogP contribution in [0, 0.1) is 12.8 Å². The monoisotopic (exact) mass is 293 g/mol. The van der Waals surface area contributed by atoms with Gasteiger partial charge in [-0.05, 0) is 25.3 Å². The highest BCUT2D eigenvalue weighted by atomic mass is 16.4. The van der Waals surface area contributed by atoms with Crippen molar-refractivity contribution in [3.63, 3.8) is 0 Å². The summed E-state index contributed by atoms with van der Waals surface area (Å²) in [6.07, 6.45) is 7.41. The number of anilines is 1. The first kappa shape index (κ1) is 15.4. The van der Waals surface area contributed by atoms with Crippen LogP contribution in [0.25, 0.3) is 0 Å². The van der Waals surface area contributed by atoms with Crippen LogP contribution < -0.4 is 10.6 Å². The molecule has 6 heteroatoms. The fraction of sp³-hybridized carbons (Fsp3) is 0.600. The third-order valence-corrected chi connectivity index (χ3v) is 3.98. The highest BCUT2D eigenvalue weighted by Gasteiger charge is 2.16. The summed E-state index contributed by atoms with van der Waals surface area (Å²) in [5.41, 5.74) is 1.01. The number of aryl methyl sites for hydroxylation is 1. The van der Waals surface area contributed by atoms with E-state index in [1.807, 2.05) is 0 Å². The fourth-order valence-corrected chi connectivity index (χ4v) is 2.89. The summed E-state index contributed by atoms with van der Waals surface area (Å²) >= 11 is 0. The van der Waals surface area contributed by atoms with E-state index >= 15 is 0 Å². The van der Waals surface area contributed by atoms with E-state index in [1.54, 1.807) is 13.0 Å². The van der Waals surface area contributed by atoms with Gasteiger partial charge in [-0.25, -0.2) is 9.59 Å². The molecule has 0 saturated heterocycles. The van der Waals surface area contributed by atoms with Gasteiger partial charge in [0.25, 0.3) is 0 Å². The zero-order chi connectivity index (χ0) is 15.2. The molecule has 1 aromatic heterocycles. The van der Waals surface area contributed by atoms with Crippen molar-refractivity contribution in [1.29, 1.82) is 0 Å². The van der Waals surface area contributed by atoms with Gasteiger partial charge in [0.15, 0.2) is 0 Å². The number of urea groups is 1. The lowest BCUT2D eigenvalue weighted by atomic mass is 9.87. The summed E-state index contributed by atoms with van der Waals surface area (Å²) in [6, 6.07) is 1.26. The minimum Gasteiger partial charge on any atom is -0.477 e. The molecule has 116 valence electrons. The molecular weight excluding hydrogens is 270 g/mol. The topological polar surface area (TPSA) is 94.2 Å². The summed E-state index contributed by atoms with van der Waals surface area (Å²) in [5, 5.41) is 14.4. The van der Waals surface area contributed by atoms with Crippen molar-refractivity contribution in [2.24, 2.45) is 5.92 Å². The van der Waals surface area contributed by atoms with Crippen LogP contribution in [0.2, 0.25) is 0 Å². The maximum absolute atomic E-state index is 11.8. The molecule has 0 aromatic carbocycles. The van der Waals surface area contributed by atoms with Crippen molar-refractivity contribution in [3.8, 4) is 0 Å². The number of aromatic carboxylic acids is 1. The van der Waals surface area contributed by atoms with E-state index < -0.39 is 5.97 Å². The van der Waals surface area contributed by atoms with Gasteiger partial charge in [-0.15, -0.1) is 0 Å². The molecule has 0 bridgehead atoms. The van der Waals surface area contributed by atoms with E-state index in [4.69, 9.17) is 5.11 Å². The number of H-pyrrole nitrogens is 1. The number of nitrogens with one attached hydrogen (secondary N) is 3. The highest BCUT2D eigenvalue weighted by Crippen LogP contribution is 2.25. The number of carbonyl (C=O) groups is 2.